The molecule has 1 spiro atoms. The Labute approximate surface area is 131 Å². The number of para-hydroxylation sites is 2. The first-order valence-electron chi connectivity index (χ1n) is 8.09. The van der Waals surface area contributed by atoms with Gasteiger partial charge in [0.1, 0.15) is 5.84 Å². The van der Waals surface area contributed by atoms with Gasteiger partial charge in [0.05, 0.1) is 23.5 Å². The minimum absolute atomic E-state index is 0.00311. The molecule has 3 heteroatoms. The van der Waals surface area contributed by atoms with E-state index in [0.29, 0.717) is 0 Å². The van der Waals surface area contributed by atoms with Crippen molar-refractivity contribution in [2.75, 3.05) is 10.6 Å². The molecule has 0 atom stereocenters. The van der Waals surface area contributed by atoms with Gasteiger partial charge in [0.15, 0.2) is 0 Å². The van der Waals surface area contributed by atoms with E-state index >= 15 is 0 Å². The van der Waals surface area contributed by atoms with Gasteiger partial charge in [-0.15, -0.1) is 0 Å². The van der Waals surface area contributed by atoms with Crippen molar-refractivity contribution in [3.8, 4) is 0 Å². The summed E-state index contributed by atoms with van der Waals surface area (Å²) in [6.07, 6.45) is 4.84. The molecule has 0 bridgehead atoms. The van der Waals surface area contributed by atoms with Crippen molar-refractivity contribution in [1.82, 2.24) is 0 Å². The zero-order valence-electron chi connectivity index (χ0n) is 12.7. The predicted octanol–water partition coefficient (Wildman–Crippen LogP) is 4.44. The average Bonchev–Trinajstić information content (AvgIpc) is 3.03. The van der Waals surface area contributed by atoms with Crippen molar-refractivity contribution >= 4 is 17.2 Å². The Balaban J connectivity index is 1.67. The number of hydrogen-bond acceptors (Lipinski definition) is 2. The summed E-state index contributed by atoms with van der Waals surface area (Å²) >= 11 is 0. The van der Waals surface area contributed by atoms with E-state index in [1.165, 1.54) is 24.1 Å². The van der Waals surface area contributed by atoms with Crippen LogP contribution in [0.2, 0.25) is 0 Å². The molecule has 0 amide bonds. The van der Waals surface area contributed by atoms with Crippen LogP contribution in [0.5, 0.6) is 0 Å². The second-order valence-electron chi connectivity index (χ2n) is 6.24. The van der Waals surface area contributed by atoms with Gasteiger partial charge in [-0.25, -0.2) is 0 Å². The van der Waals surface area contributed by atoms with E-state index in [0.717, 1.165) is 30.9 Å². The highest BCUT2D eigenvalue weighted by Gasteiger charge is 2.42. The van der Waals surface area contributed by atoms with Crippen LogP contribution in [-0.4, -0.2) is 11.4 Å². The first-order valence-corrected chi connectivity index (χ1v) is 8.09. The number of rotatable bonds is 2. The lowest BCUT2D eigenvalue weighted by molar-refractivity contribution is 0.628. The number of anilines is 2. The Bertz CT molecular complexity index is 685. The van der Waals surface area contributed by atoms with E-state index in [1.54, 1.807) is 0 Å². The molecule has 0 saturated heterocycles. The van der Waals surface area contributed by atoms with Crippen LogP contribution in [0.15, 0.2) is 59.6 Å². The predicted molar refractivity (Wildman–Crippen MR) is 92.5 cm³/mol. The Morgan fingerprint density at radius 2 is 1.55 bits per heavy atom. The third kappa shape index (κ3) is 2.37. The van der Waals surface area contributed by atoms with E-state index in [1.807, 2.05) is 6.07 Å². The molecule has 2 aromatic carbocycles. The molecule has 2 aliphatic rings. The maximum Gasteiger partial charge on any atom is 0.127 e. The Morgan fingerprint density at radius 3 is 2.32 bits per heavy atom. The lowest BCUT2D eigenvalue weighted by atomic mass is 9.92. The SMILES string of the molecule is c1ccc(CN=C2Nc3ccccc3NC23CCCC3)cc1. The highest BCUT2D eigenvalue weighted by atomic mass is 15.2. The van der Waals surface area contributed by atoms with Gasteiger partial charge in [0.2, 0.25) is 0 Å². The number of nitrogens with zero attached hydrogens (tertiary/aromatic N) is 1. The molecule has 112 valence electrons. The summed E-state index contributed by atoms with van der Waals surface area (Å²) in [5.41, 5.74) is 3.59. The summed E-state index contributed by atoms with van der Waals surface area (Å²) in [5, 5.41) is 7.35. The van der Waals surface area contributed by atoms with E-state index < -0.39 is 0 Å². The molecular formula is C19H21N3. The van der Waals surface area contributed by atoms with Gasteiger partial charge in [-0.1, -0.05) is 55.3 Å². The van der Waals surface area contributed by atoms with Gasteiger partial charge >= 0.3 is 0 Å². The largest absolute Gasteiger partial charge is 0.371 e. The molecular weight excluding hydrogens is 270 g/mol. The fraction of sp³-hybridized carbons (Fsp3) is 0.316. The van der Waals surface area contributed by atoms with Gasteiger partial charge in [-0.2, -0.15) is 0 Å². The standard InChI is InChI=1S/C19H21N3/c1-2-8-15(9-3-1)14-20-18-19(12-6-7-13-19)22-17-11-5-4-10-16(17)21-18/h1-5,8-11,22H,6-7,12-14H2,(H,20,21). The number of nitrogens with one attached hydrogen (secondary N) is 2. The van der Waals surface area contributed by atoms with Crippen LogP contribution in [0.4, 0.5) is 11.4 Å². The van der Waals surface area contributed by atoms with E-state index in [2.05, 4.69) is 59.2 Å². The molecule has 0 aromatic heterocycles. The Morgan fingerprint density at radius 1 is 0.864 bits per heavy atom. The topological polar surface area (TPSA) is 36.4 Å². The number of aliphatic imine (C=N–C) groups is 1. The fourth-order valence-corrected chi connectivity index (χ4v) is 3.55. The first kappa shape index (κ1) is 13.4. The molecule has 2 N–H and O–H groups in total. The molecule has 1 aliphatic carbocycles. The molecule has 1 fully saturated rings. The van der Waals surface area contributed by atoms with Crippen molar-refractivity contribution < 1.29 is 0 Å². The Hall–Kier alpha value is -2.29. The minimum atomic E-state index is 0.00311. The number of benzene rings is 2. The number of hydrogen-bond donors (Lipinski definition) is 2. The van der Waals surface area contributed by atoms with E-state index in [-0.39, 0.29) is 5.54 Å². The zero-order chi connectivity index (χ0) is 14.8. The maximum absolute atomic E-state index is 4.93. The van der Waals surface area contributed by atoms with Crippen molar-refractivity contribution in [3.05, 3.63) is 60.2 Å². The quantitative estimate of drug-likeness (QED) is 0.858. The second-order valence-corrected chi connectivity index (χ2v) is 6.24. The molecule has 4 rings (SSSR count). The van der Waals surface area contributed by atoms with Crippen molar-refractivity contribution in [1.29, 1.82) is 0 Å². The minimum Gasteiger partial charge on any atom is -0.371 e. The number of fused-ring (bicyclic) bond motifs is 1. The third-order valence-corrected chi connectivity index (χ3v) is 4.73. The van der Waals surface area contributed by atoms with Crippen LogP contribution in [0, 0.1) is 0 Å². The van der Waals surface area contributed by atoms with Crippen LogP contribution in [0.1, 0.15) is 31.2 Å². The van der Waals surface area contributed by atoms with Crippen LogP contribution in [0.25, 0.3) is 0 Å². The van der Waals surface area contributed by atoms with Crippen LogP contribution in [0.3, 0.4) is 0 Å². The number of amidine groups is 1. The first-order chi connectivity index (χ1) is 10.9. The highest BCUT2D eigenvalue weighted by Crippen LogP contribution is 2.40. The summed E-state index contributed by atoms with van der Waals surface area (Å²) < 4.78 is 0. The summed E-state index contributed by atoms with van der Waals surface area (Å²) in [4.78, 5) is 4.93. The summed E-state index contributed by atoms with van der Waals surface area (Å²) in [7, 11) is 0. The molecule has 0 radical (unpaired) electrons. The van der Waals surface area contributed by atoms with Gasteiger partial charge in [-0.05, 0) is 30.5 Å². The molecule has 1 saturated carbocycles. The van der Waals surface area contributed by atoms with E-state index in [9.17, 15) is 0 Å². The maximum atomic E-state index is 4.93. The fourth-order valence-electron chi connectivity index (χ4n) is 3.55. The van der Waals surface area contributed by atoms with Crippen molar-refractivity contribution in [2.24, 2.45) is 4.99 Å². The van der Waals surface area contributed by atoms with Crippen LogP contribution >= 0.6 is 0 Å². The van der Waals surface area contributed by atoms with Gasteiger partial charge < -0.3 is 10.6 Å². The average molecular weight is 291 g/mol. The molecule has 2 aromatic rings. The smallest absolute Gasteiger partial charge is 0.127 e. The van der Waals surface area contributed by atoms with Crippen molar-refractivity contribution in [3.63, 3.8) is 0 Å². The van der Waals surface area contributed by atoms with Gasteiger partial charge in [0, 0.05) is 0 Å². The summed E-state index contributed by atoms with van der Waals surface area (Å²) in [6.45, 7) is 0.731. The molecule has 0 unspecified atom stereocenters. The third-order valence-electron chi connectivity index (χ3n) is 4.73. The van der Waals surface area contributed by atoms with Gasteiger partial charge in [0.25, 0.3) is 0 Å². The molecule has 3 nitrogen and oxygen atoms in total. The molecule has 1 heterocycles. The monoisotopic (exact) mass is 291 g/mol. The summed E-state index contributed by atoms with van der Waals surface area (Å²) in [6, 6.07) is 18.9. The van der Waals surface area contributed by atoms with Gasteiger partial charge in [-0.3, -0.25) is 4.99 Å². The zero-order valence-corrected chi connectivity index (χ0v) is 12.7. The van der Waals surface area contributed by atoms with Crippen molar-refractivity contribution in [2.45, 2.75) is 37.8 Å². The lowest BCUT2D eigenvalue weighted by Gasteiger charge is -2.38. The van der Waals surface area contributed by atoms with Crippen LogP contribution in [-0.2, 0) is 6.54 Å². The summed E-state index contributed by atoms with van der Waals surface area (Å²) in [5.74, 6) is 1.10. The van der Waals surface area contributed by atoms with Crippen LogP contribution < -0.4 is 10.6 Å². The van der Waals surface area contributed by atoms with E-state index in [4.69, 9.17) is 4.99 Å². The normalized spacial score (nSPS) is 20.5. The highest BCUT2D eigenvalue weighted by molar-refractivity contribution is 6.09. The molecule has 1 aliphatic heterocycles. The lowest BCUT2D eigenvalue weighted by Crippen LogP contribution is -2.50. The second kappa shape index (κ2) is 5.48. The Kier molecular flexibility index (Phi) is 3.34. The molecule has 22 heavy (non-hydrogen) atoms.